The van der Waals surface area contributed by atoms with Gasteiger partial charge in [0.25, 0.3) is 5.91 Å². The Hall–Kier alpha value is -1.66. The SMILES string of the molecule is CCN(CC)c1ccc(C(=O)N2CCCCC2C2OCCO2)cn1. The second-order valence-electron chi connectivity index (χ2n) is 6.25. The maximum absolute atomic E-state index is 12.9. The van der Waals surface area contributed by atoms with Crippen molar-refractivity contribution >= 4 is 11.7 Å². The molecular formula is C18H27N3O3. The highest BCUT2D eigenvalue weighted by molar-refractivity contribution is 5.94. The first kappa shape index (κ1) is 17.2. The van der Waals surface area contributed by atoms with Crippen LogP contribution < -0.4 is 4.90 Å². The van der Waals surface area contributed by atoms with Crippen molar-refractivity contribution in [2.75, 3.05) is 37.7 Å². The standard InChI is InChI=1S/C18H27N3O3/c1-3-20(4-2)16-9-8-14(13-19-16)17(22)21-10-6-5-7-15(21)18-23-11-12-24-18/h8-9,13,15,18H,3-7,10-12H2,1-2H3. The molecule has 1 aromatic rings. The number of hydrogen-bond donors (Lipinski definition) is 0. The summed E-state index contributed by atoms with van der Waals surface area (Å²) in [6, 6.07) is 3.82. The van der Waals surface area contributed by atoms with E-state index in [2.05, 4.69) is 23.7 Å². The molecule has 2 fully saturated rings. The fourth-order valence-corrected chi connectivity index (χ4v) is 3.50. The van der Waals surface area contributed by atoms with Crippen molar-refractivity contribution in [3.05, 3.63) is 23.9 Å². The molecule has 6 heteroatoms. The minimum Gasteiger partial charge on any atom is -0.357 e. The lowest BCUT2D eigenvalue weighted by Crippen LogP contribution is -2.50. The average molecular weight is 333 g/mol. The summed E-state index contributed by atoms with van der Waals surface area (Å²) < 4.78 is 11.3. The van der Waals surface area contributed by atoms with Gasteiger partial charge in [0.05, 0.1) is 24.8 Å². The lowest BCUT2D eigenvalue weighted by molar-refractivity contribution is -0.100. The summed E-state index contributed by atoms with van der Waals surface area (Å²) in [6.45, 7) is 7.99. The molecular weight excluding hydrogens is 306 g/mol. The maximum Gasteiger partial charge on any atom is 0.255 e. The number of piperidine rings is 1. The van der Waals surface area contributed by atoms with Crippen molar-refractivity contribution in [2.24, 2.45) is 0 Å². The molecule has 0 aromatic carbocycles. The Kier molecular flexibility index (Phi) is 5.68. The number of carbonyl (C=O) groups excluding carboxylic acids is 1. The molecule has 6 nitrogen and oxygen atoms in total. The third kappa shape index (κ3) is 3.54. The minimum absolute atomic E-state index is 0.0104. The topological polar surface area (TPSA) is 54.9 Å². The molecule has 1 aromatic heterocycles. The molecule has 3 rings (SSSR count). The quantitative estimate of drug-likeness (QED) is 0.827. The third-order valence-electron chi connectivity index (χ3n) is 4.85. The minimum atomic E-state index is -0.280. The van der Waals surface area contributed by atoms with Crippen LogP contribution in [0.5, 0.6) is 0 Å². The van der Waals surface area contributed by atoms with Gasteiger partial charge >= 0.3 is 0 Å². The Labute approximate surface area is 143 Å². The van der Waals surface area contributed by atoms with E-state index in [1.54, 1.807) is 6.20 Å². The van der Waals surface area contributed by atoms with Gasteiger partial charge in [0.1, 0.15) is 5.82 Å². The summed E-state index contributed by atoms with van der Waals surface area (Å²) in [6.07, 6.45) is 4.48. The van der Waals surface area contributed by atoms with E-state index in [9.17, 15) is 4.79 Å². The summed E-state index contributed by atoms with van der Waals surface area (Å²) >= 11 is 0. The highest BCUT2D eigenvalue weighted by atomic mass is 16.7. The molecule has 0 saturated carbocycles. The van der Waals surface area contributed by atoms with Crippen LogP contribution in [0.4, 0.5) is 5.82 Å². The van der Waals surface area contributed by atoms with Gasteiger partial charge in [-0.05, 0) is 45.2 Å². The summed E-state index contributed by atoms with van der Waals surface area (Å²) in [5.74, 6) is 0.937. The fourth-order valence-electron chi connectivity index (χ4n) is 3.50. The molecule has 0 aliphatic carbocycles. The van der Waals surface area contributed by atoms with E-state index in [4.69, 9.17) is 9.47 Å². The largest absolute Gasteiger partial charge is 0.357 e. The van der Waals surface area contributed by atoms with Crippen LogP contribution in [-0.4, -0.2) is 61.0 Å². The molecule has 1 amide bonds. The third-order valence-corrected chi connectivity index (χ3v) is 4.85. The number of ether oxygens (including phenoxy) is 2. The van der Waals surface area contributed by atoms with Crippen LogP contribution in [-0.2, 0) is 9.47 Å². The molecule has 2 aliphatic heterocycles. The Morgan fingerprint density at radius 1 is 1.25 bits per heavy atom. The molecule has 1 atom stereocenters. The Morgan fingerprint density at radius 2 is 2.00 bits per heavy atom. The van der Waals surface area contributed by atoms with E-state index in [0.29, 0.717) is 18.8 Å². The van der Waals surface area contributed by atoms with Crippen LogP contribution in [0, 0.1) is 0 Å². The zero-order valence-corrected chi connectivity index (χ0v) is 14.6. The van der Waals surface area contributed by atoms with Crippen molar-refractivity contribution in [3.8, 4) is 0 Å². The molecule has 1 unspecified atom stereocenters. The van der Waals surface area contributed by atoms with E-state index in [1.165, 1.54) is 0 Å². The normalized spacial score (nSPS) is 21.9. The maximum atomic E-state index is 12.9. The van der Waals surface area contributed by atoms with Crippen LogP contribution in [0.2, 0.25) is 0 Å². The lowest BCUT2D eigenvalue weighted by atomic mass is 10.0. The van der Waals surface area contributed by atoms with E-state index in [1.807, 2.05) is 17.0 Å². The summed E-state index contributed by atoms with van der Waals surface area (Å²) in [7, 11) is 0. The Balaban J connectivity index is 1.74. The van der Waals surface area contributed by atoms with Gasteiger partial charge in [-0.1, -0.05) is 0 Å². The number of nitrogens with zero attached hydrogens (tertiary/aromatic N) is 3. The Morgan fingerprint density at radius 3 is 2.62 bits per heavy atom. The number of carbonyl (C=O) groups is 1. The summed E-state index contributed by atoms with van der Waals surface area (Å²) in [4.78, 5) is 21.5. The van der Waals surface area contributed by atoms with Crippen molar-refractivity contribution in [1.82, 2.24) is 9.88 Å². The fraction of sp³-hybridized carbons (Fsp3) is 0.667. The molecule has 24 heavy (non-hydrogen) atoms. The predicted octanol–water partition coefficient (Wildman–Crippen LogP) is 2.30. The highest BCUT2D eigenvalue weighted by Crippen LogP contribution is 2.26. The molecule has 0 radical (unpaired) electrons. The number of aromatic nitrogens is 1. The first-order valence-electron chi connectivity index (χ1n) is 8.99. The Bertz CT molecular complexity index is 539. The van der Waals surface area contributed by atoms with Gasteiger partial charge in [0, 0.05) is 25.8 Å². The van der Waals surface area contributed by atoms with Crippen LogP contribution >= 0.6 is 0 Å². The van der Waals surface area contributed by atoms with Crippen molar-refractivity contribution < 1.29 is 14.3 Å². The number of amides is 1. The van der Waals surface area contributed by atoms with Crippen LogP contribution in [0.1, 0.15) is 43.5 Å². The second-order valence-corrected chi connectivity index (χ2v) is 6.25. The van der Waals surface area contributed by atoms with Crippen molar-refractivity contribution in [2.45, 2.75) is 45.4 Å². The number of pyridine rings is 1. The smallest absolute Gasteiger partial charge is 0.255 e. The number of hydrogen-bond acceptors (Lipinski definition) is 5. The molecule has 0 bridgehead atoms. The molecule has 0 spiro atoms. The van der Waals surface area contributed by atoms with E-state index in [-0.39, 0.29) is 18.2 Å². The molecule has 132 valence electrons. The zero-order valence-electron chi connectivity index (χ0n) is 14.6. The van der Waals surface area contributed by atoms with Gasteiger partial charge in [-0.2, -0.15) is 0 Å². The summed E-state index contributed by atoms with van der Waals surface area (Å²) in [5.41, 5.74) is 0.635. The van der Waals surface area contributed by atoms with E-state index in [0.717, 1.165) is 44.7 Å². The average Bonchev–Trinajstić information content (AvgIpc) is 3.17. The van der Waals surface area contributed by atoms with Gasteiger partial charge in [-0.3, -0.25) is 4.79 Å². The van der Waals surface area contributed by atoms with Gasteiger partial charge in [0.15, 0.2) is 6.29 Å². The lowest BCUT2D eigenvalue weighted by Gasteiger charge is -2.38. The van der Waals surface area contributed by atoms with Crippen LogP contribution in [0.15, 0.2) is 18.3 Å². The van der Waals surface area contributed by atoms with E-state index >= 15 is 0 Å². The van der Waals surface area contributed by atoms with Gasteiger partial charge in [-0.15, -0.1) is 0 Å². The monoisotopic (exact) mass is 333 g/mol. The van der Waals surface area contributed by atoms with Crippen LogP contribution in [0.3, 0.4) is 0 Å². The van der Waals surface area contributed by atoms with Crippen molar-refractivity contribution in [1.29, 1.82) is 0 Å². The molecule has 2 saturated heterocycles. The van der Waals surface area contributed by atoms with Crippen LogP contribution in [0.25, 0.3) is 0 Å². The van der Waals surface area contributed by atoms with Crippen molar-refractivity contribution in [3.63, 3.8) is 0 Å². The summed E-state index contributed by atoms with van der Waals surface area (Å²) in [5, 5.41) is 0. The number of likely N-dealkylation sites (tertiary alicyclic amines) is 1. The second kappa shape index (κ2) is 7.94. The molecule has 2 aliphatic rings. The van der Waals surface area contributed by atoms with E-state index < -0.39 is 0 Å². The number of anilines is 1. The van der Waals surface area contributed by atoms with Gasteiger partial charge < -0.3 is 19.3 Å². The first-order chi connectivity index (χ1) is 11.7. The number of rotatable bonds is 5. The molecule has 0 N–H and O–H groups in total. The predicted molar refractivity (Wildman–Crippen MR) is 92.2 cm³/mol. The van der Waals surface area contributed by atoms with Gasteiger partial charge in [-0.25, -0.2) is 4.98 Å². The first-order valence-corrected chi connectivity index (χ1v) is 8.99. The molecule has 3 heterocycles. The zero-order chi connectivity index (χ0) is 16.9. The highest BCUT2D eigenvalue weighted by Gasteiger charge is 2.36. The van der Waals surface area contributed by atoms with Gasteiger partial charge in [0.2, 0.25) is 0 Å².